The SMILES string of the molecule is COc1ccc(-c2cnn(-c3ccccc3)c(=O)c2)cc1OCC1CC1. The van der Waals surface area contributed by atoms with Gasteiger partial charge in [0.1, 0.15) is 0 Å². The van der Waals surface area contributed by atoms with Crippen molar-refractivity contribution in [2.75, 3.05) is 13.7 Å². The van der Waals surface area contributed by atoms with E-state index in [4.69, 9.17) is 9.47 Å². The number of nitrogens with zero attached hydrogens (tertiary/aromatic N) is 2. The van der Waals surface area contributed by atoms with Crippen LogP contribution in [0.1, 0.15) is 12.8 Å². The van der Waals surface area contributed by atoms with Crippen LogP contribution in [-0.4, -0.2) is 23.5 Å². The van der Waals surface area contributed by atoms with E-state index in [1.807, 2.05) is 48.5 Å². The lowest BCUT2D eigenvalue weighted by Crippen LogP contribution is -2.19. The van der Waals surface area contributed by atoms with Gasteiger partial charge in [-0.15, -0.1) is 0 Å². The molecule has 0 atom stereocenters. The van der Waals surface area contributed by atoms with Gasteiger partial charge in [0.15, 0.2) is 11.5 Å². The summed E-state index contributed by atoms with van der Waals surface area (Å²) in [7, 11) is 1.63. The maximum atomic E-state index is 12.5. The second-order valence-corrected chi connectivity index (χ2v) is 6.45. The maximum Gasteiger partial charge on any atom is 0.272 e. The third-order valence-electron chi connectivity index (χ3n) is 4.47. The number of benzene rings is 2. The van der Waals surface area contributed by atoms with Crippen molar-refractivity contribution >= 4 is 0 Å². The lowest BCUT2D eigenvalue weighted by atomic mass is 10.1. The van der Waals surface area contributed by atoms with Crippen LogP contribution in [0.15, 0.2) is 65.6 Å². The smallest absolute Gasteiger partial charge is 0.272 e. The minimum atomic E-state index is -0.176. The molecule has 0 amide bonds. The van der Waals surface area contributed by atoms with Crippen LogP contribution >= 0.6 is 0 Å². The molecule has 26 heavy (non-hydrogen) atoms. The Kier molecular flexibility index (Phi) is 4.44. The fourth-order valence-electron chi connectivity index (χ4n) is 2.79. The van der Waals surface area contributed by atoms with Gasteiger partial charge in [-0.05, 0) is 48.6 Å². The summed E-state index contributed by atoms with van der Waals surface area (Å²) in [6.45, 7) is 0.702. The van der Waals surface area contributed by atoms with Gasteiger partial charge in [-0.25, -0.2) is 0 Å². The Morgan fingerprint density at radius 1 is 1.04 bits per heavy atom. The molecule has 132 valence electrons. The summed E-state index contributed by atoms with van der Waals surface area (Å²) in [6.07, 6.45) is 4.15. The molecule has 0 saturated heterocycles. The highest BCUT2D eigenvalue weighted by Crippen LogP contribution is 2.35. The summed E-state index contributed by atoms with van der Waals surface area (Å²) in [5.74, 6) is 2.05. The molecule has 1 aliphatic rings. The highest BCUT2D eigenvalue weighted by Gasteiger charge is 2.22. The Labute approximate surface area is 151 Å². The van der Waals surface area contributed by atoms with Gasteiger partial charge < -0.3 is 9.47 Å². The predicted octanol–water partition coefficient (Wildman–Crippen LogP) is 3.70. The van der Waals surface area contributed by atoms with E-state index in [1.165, 1.54) is 17.5 Å². The molecule has 0 aliphatic heterocycles. The van der Waals surface area contributed by atoms with Crippen LogP contribution in [0.4, 0.5) is 0 Å². The Morgan fingerprint density at radius 2 is 1.85 bits per heavy atom. The molecule has 0 bridgehead atoms. The van der Waals surface area contributed by atoms with Gasteiger partial charge in [-0.1, -0.05) is 24.3 Å². The highest BCUT2D eigenvalue weighted by atomic mass is 16.5. The summed E-state index contributed by atoms with van der Waals surface area (Å²) in [5.41, 5.74) is 2.19. The van der Waals surface area contributed by atoms with Crippen LogP contribution in [0, 0.1) is 5.92 Å². The zero-order valence-corrected chi connectivity index (χ0v) is 14.6. The molecular weight excluding hydrogens is 328 g/mol. The molecule has 5 heteroatoms. The summed E-state index contributed by atoms with van der Waals surface area (Å²) < 4.78 is 12.7. The molecule has 1 heterocycles. The topological polar surface area (TPSA) is 53.4 Å². The highest BCUT2D eigenvalue weighted by molar-refractivity contribution is 5.66. The second kappa shape index (κ2) is 7.04. The Bertz CT molecular complexity index is 962. The quantitative estimate of drug-likeness (QED) is 0.682. The first-order valence-electron chi connectivity index (χ1n) is 8.70. The molecule has 0 spiro atoms. The lowest BCUT2D eigenvalue weighted by Gasteiger charge is -2.12. The number of para-hydroxylation sites is 1. The van der Waals surface area contributed by atoms with Crippen LogP contribution < -0.4 is 15.0 Å². The maximum absolute atomic E-state index is 12.5. The standard InChI is InChI=1S/C21H20N2O3/c1-25-19-10-9-16(11-20(19)26-14-15-7-8-15)17-12-21(24)23(22-13-17)18-5-3-2-4-6-18/h2-6,9-13,15H,7-8,14H2,1H3. The van der Waals surface area contributed by atoms with Gasteiger partial charge in [0.2, 0.25) is 0 Å². The fourth-order valence-corrected chi connectivity index (χ4v) is 2.79. The van der Waals surface area contributed by atoms with Gasteiger partial charge in [0, 0.05) is 11.6 Å². The van der Waals surface area contributed by atoms with E-state index in [9.17, 15) is 4.79 Å². The van der Waals surface area contributed by atoms with Crippen molar-refractivity contribution in [3.63, 3.8) is 0 Å². The third kappa shape index (κ3) is 3.47. The van der Waals surface area contributed by atoms with E-state index in [0.717, 1.165) is 16.8 Å². The predicted molar refractivity (Wildman–Crippen MR) is 100 cm³/mol. The number of hydrogen-bond donors (Lipinski definition) is 0. The number of ether oxygens (including phenoxy) is 2. The average molecular weight is 348 g/mol. The minimum Gasteiger partial charge on any atom is -0.493 e. The molecule has 0 radical (unpaired) electrons. The van der Waals surface area contributed by atoms with E-state index in [2.05, 4.69) is 5.10 Å². The Morgan fingerprint density at radius 3 is 2.54 bits per heavy atom. The molecule has 5 nitrogen and oxygen atoms in total. The van der Waals surface area contributed by atoms with Crippen LogP contribution in [0.25, 0.3) is 16.8 Å². The van der Waals surface area contributed by atoms with Crippen LogP contribution in [-0.2, 0) is 0 Å². The monoisotopic (exact) mass is 348 g/mol. The summed E-state index contributed by atoms with van der Waals surface area (Å²) >= 11 is 0. The summed E-state index contributed by atoms with van der Waals surface area (Å²) in [5, 5.41) is 4.31. The normalized spacial score (nSPS) is 13.4. The Balaban J connectivity index is 1.65. The average Bonchev–Trinajstić information content (AvgIpc) is 3.51. The molecule has 4 rings (SSSR count). The zero-order chi connectivity index (χ0) is 17.9. The number of methoxy groups -OCH3 is 1. The molecule has 1 fully saturated rings. The fraction of sp³-hybridized carbons (Fsp3) is 0.238. The van der Waals surface area contributed by atoms with Crippen LogP contribution in [0.3, 0.4) is 0 Å². The first-order valence-corrected chi connectivity index (χ1v) is 8.70. The van der Waals surface area contributed by atoms with Crippen LogP contribution in [0.2, 0.25) is 0 Å². The van der Waals surface area contributed by atoms with Gasteiger partial charge in [0.25, 0.3) is 5.56 Å². The molecule has 3 aromatic rings. The molecule has 1 saturated carbocycles. The van der Waals surface area contributed by atoms with Crippen molar-refractivity contribution in [1.29, 1.82) is 0 Å². The van der Waals surface area contributed by atoms with Gasteiger partial charge in [0.05, 0.1) is 25.6 Å². The first kappa shape index (κ1) is 16.4. The lowest BCUT2D eigenvalue weighted by molar-refractivity contribution is 0.280. The van der Waals surface area contributed by atoms with E-state index in [-0.39, 0.29) is 5.56 Å². The number of hydrogen-bond acceptors (Lipinski definition) is 4. The largest absolute Gasteiger partial charge is 0.493 e. The van der Waals surface area contributed by atoms with Crippen LogP contribution in [0.5, 0.6) is 11.5 Å². The second-order valence-electron chi connectivity index (χ2n) is 6.45. The summed E-state index contributed by atoms with van der Waals surface area (Å²) in [6, 6.07) is 16.6. The minimum absolute atomic E-state index is 0.176. The third-order valence-corrected chi connectivity index (χ3v) is 4.47. The number of aromatic nitrogens is 2. The Hall–Kier alpha value is -3.08. The molecule has 0 unspecified atom stereocenters. The molecule has 1 aromatic heterocycles. The van der Waals surface area contributed by atoms with Gasteiger partial charge >= 0.3 is 0 Å². The summed E-state index contributed by atoms with van der Waals surface area (Å²) in [4.78, 5) is 12.5. The van der Waals surface area contributed by atoms with E-state index in [0.29, 0.717) is 24.0 Å². The molecular formula is C21H20N2O3. The van der Waals surface area contributed by atoms with Crippen molar-refractivity contribution < 1.29 is 9.47 Å². The van der Waals surface area contributed by atoms with Crippen molar-refractivity contribution in [2.24, 2.45) is 5.92 Å². The van der Waals surface area contributed by atoms with Gasteiger partial charge in [-0.3, -0.25) is 4.79 Å². The van der Waals surface area contributed by atoms with E-state index in [1.54, 1.807) is 19.4 Å². The zero-order valence-electron chi connectivity index (χ0n) is 14.6. The van der Waals surface area contributed by atoms with Crippen molar-refractivity contribution in [2.45, 2.75) is 12.8 Å². The van der Waals surface area contributed by atoms with Crippen molar-refractivity contribution in [3.05, 3.63) is 71.1 Å². The molecule has 1 aliphatic carbocycles. The van der Waals surface area contributed by atoms with E-state index >= 15 is 0 Å². The van der Waals surface area contributed by atoms with E-state index < -0.39 is 0 Å². The molecule has 0 N–H and O–H groups in total. The van der Waals surface area contributed by atoms with Crippen molar-refractivity contribution in [1.82, 2.24) is 9.78 Å². The van der Waals surface area contributed by atoms with Crippen molar-refractivity contribution in [3.8, 4) is 28.3 Å². The first-order chi connectivity index (χ1) is 12.7. The molecule has 2 aromatic carbocycles. The van der Waals surface area contributed by atoms with Gasteiger partial charge in [-0.2, -0.15) is 9.78 Å². The number of rotatable bonds is 6.